The Balaban J connectivity index is 1.38. The SMILES string of the molecule is Cc1ccc(-c2cc(N3CCC(C(=O)Nc4ccc(Cl)cc4)CC3)ncn2)cc1. The molecule has 0 aliphatic carbocycles. The second-order valence-electron chi connectivity index (χ2n) is 7.38. The number of piperidine rings is 1. The number of rotatable bonds is 4. The number of nitrogens with one attached hydrogen (secondary N) is 1. The van der Waals surface area contributed by atoms with Crippen molar-refractivity contribution in [2.75, 3.05) is 23.3 Å². The molecule has 0 spiro atoms. The van der Waals surface area contributed by atoms with Crippen molar-refractivity contribution >= 4 is 29.0 Å². The van der Waals surface area contributed by atoms with Gasteiger partial charge in [0.05, 0.1) is 5.69 Å². The van der Waals surface area contributed by atoms with Crippen LogP contribution in [0.5, 0.6) is 0 Å². The van der Waals surface area contributed by atoms with E-state index in [0.717, 1.165) is 48.7 Å². The molecule has 0 saturated carbocycles. The zero-order valence-electron chi connectivity index (χ0n) is 16.3. The van der Waals surface area contributed by atoms with Crippen molar-refractivity contribution in [3.05, 3.63) is 71.5 Å². The van der Waals surface area contributed by atoms with Crippen LogP contribution in [0.25, 0.3) is 11.3 Å². The van der Waals surface area contributed by atoms with Gasteiger partial charge in [-0.15, -0.1) is 0 Å². The van der Waals surface area contributed by atoms with Crippen LogP contribution in [0.15, 0.2) is 60.9 Å². The number of amides is 1. The summed E-state index contributed by atoms with van der Waals surface area (Å²) in [5.41, 5.74) is 4.00. The summed E-state index contributed by atoms with van der Waals surface area (Å²) in [6.45, 7) is 3.66. The van der Waals surface area contributed by atoms with Gasteiger partial charge >= 0.3 is 0 Å². The number of carbonyl (C=O) groups is 1. The molecule has 1 fully saturated rings. The molecule has 0 atom stereocenters. The van der Waals surface area contributed by atoms with Gasteiger partial charge in [-0.25, -0.2) is 9.97 Å². The van der Waals surface area contributed by atoms with Crippen LogP contribution in [0.2, 0.25) is 5.02 Å². The van der Waals surface area contributed by atoms with Gasteiger partial charge in [-0.1, -0.05) is 41.4 Å². The molecule has 2 heterocycles. The number of carbonyl (C=O) groups excluding carboxylic acids is 1. The molecule has 1 aliphatic heterocycles. The van der Waals surface area contributed by atoms with Crippen molar-refractivity contribution in [3.63, 3.8) is 0 Å². The lowest BCUT2D eigenvalue weighted by Crippen LogP contribution is -2.38. The van der Waals surface area contributed by atoms with Gasteiger partial charge in [-0.05, 0) is 44.0 Å². The summed E-state index contributed by atoms with van der Waals surface area (Å²) in [6, 6.07) is 17.6. The van der Waals surface area contributed by atoms with Crippen LogP contribution in [0.1, 0.15) is 18.4 Å². The Morgan fingerprint density at radius 3 is 2.41 bits per heavy atom. The van der Waals surface area contributed by atoms with E-state index >= 15 is 0 Å². The van der Waals surface area contributed by atoms with Gasteiger partial charge in [0.15, 0.2) is 0 Å². The fraction of sp³-hybridized carbons (Fsp3) is 0.261. The summed E-state index contributed by atoms with van der Waals surface area (Å²) >= 11 is 5.90. The molecule has 29 heavy (non-hydrogen) atoms. The third-order valence-corrected chi connectivity index (χ3v) is 5.55. The molecule has 148 valence electrons. The largest absolute Gasteiger partial charge is 0.356 e. The van der Waals surface area contributed by atoms with Crippen LogP contribution in [0.3, 0.4) is 0 Å². The highest BCUT2D eigenvalue weighted by Crippen LogP contribution is 2.26. The molecule has 5 nitrogen and oxygen atoms in total. The van der Waals surface area contributed by atoms with Gasteiger partial charge in [0.2, 0.25) is 5.91 Å². The second-order valence-corrected chi connectivity index (χ2v) is 7.82. The van der Waals surface area contributed by atoms with Crippen LogP contribution < -0.4 is 10.2 Å². The Kier molecular flexibility index (Phi) is 5.76. The van der Waals surface area contributed by atoms with E-state index in [4.69, 9.17) is 11.6 Å². The number of aryl methyl sites for hydroxylation is 1. The normalized spacial score (nSPS) is 14.6. The topological polar surface area (TPSA) is 58.1 Å². The Morgan fingerprint density at radius 2 is 1.72 bits per heavy atom. The molecule has 2 aromatic carbocycles. The fourth-order valence-corrected chi connectivity index (χ4v) is 3.68. The van der Waals surface area contributed by atoms with Crippen molar-refractivity contribution < 1.29 is 4.79 Å². The van der Waals surface area contributed by atoms with Gasteiger partial charge in [0.25, 0.3) is 0 Å². The first-order valence-corrected chi connectivity index (χ1v) is 10.2. The quantitative estimate of drug-likeness (QED) is 0.665. The average molecular weight is 407 g/mol. The van der Waals surface area contributed by atoms with E-state index in [1.807, 2.05) is 18.2 Å². The molecule has 0 unspecified atom stereocenters. The Hall–Kier alpha value is -2.92. The number of hydrogen-bond acceptors (Lipinski definition) is 4. The van der Waals surface area contributed by atoms with Crippen molar-refractivity contribution in [1.82, 2.24) is 9.97 Å². The molecule has 0 radical (unpaired) electrons. The molecule has 1 aromatic heterocycles. The first-order chi connectivity index (χ1) is 14.1. The summed E-state index contributed by atoms with van der Waals surface area (Å²) in [6.07, 6.45) is 3.20. The van der Waals surface area contributed by atoms with Crippen LogP contribution in [0.4, 0.5) is 11.5 Å². The zero-order chi connectivity index (χ0) is 20.2. The van der Waals surface area contributed by atoms with Gasteiger partial charge < -0.3 is 10.2 Å². The Morgan fingerprint density at radius 1 is 1.03 bits per heavy atom. The van der Waals surface area contributed by atoms with Crippen LogP contribution in [0, 0.1) is 12.8 Å². The van der Waals surface area contributed by atoms with E-state index in [9.17, 15) is 4.79 Å². The number of halogens is 1. The van der Waals surface area contributed by atoms with Crippen LogP contribution >= 0.6 is 11.6 Å². The summed E-state index contributed by atoms with van der Waals surface area (Å²) in [4.78, 5) is 23.7. The number of hydrogen-bond donors (Lipinski definition) is 1. The summed E-state index contributed by atoms with van der Waals surface area (Å²) in [5, 5.41) is 3.65. The Bertz CT molecular complexity index is 981. The fourth-order valence-electron chi connectivity index (χ4n) is 3.55. The number of anilines is 2. The van der Waals surface area contributed by atoms with Crippen LogP contribution in [-0.4, -0.2) is 29.0 Å². The van der Waals surface area contributed by atoms with Gasteiger partial charge in [0.1, 0.15) is 12.1 Å². The zero-order valence-corrected chi connectivity index (χ0v) is 17.1. The lowest BCUT2D eigenvalue weighted by molar-refractivity contribution is -0.120. The highest BCUT2D eigenvalue weighted by molar-refractivity contribution is 6.30. The highest BCUT2D eigenvalue weighted by Gasteiger charge is 2.26. The Labute approximate surface area is 175 Å². The van der Waals surface area contributed by atoms with Gasteiger partial charge in [0, 0.05) is 41.3 Å². The van der Waals surface area contributed by atoms with E-state index in [1.165, 1.54) is 5.56 Å². The van der Waals surface area contributed by atoms with Crippen molar-refractivity contribution in [1.29, 1.82) is 0 Å². The predicted molar refractivity (Wildman–Crippen MR) is 117 cm³/mol. The summed E-state index contributed by atoms with van der Waals surface area (Å²) in [5.74, 6) is 0.975. The first kappa shape index (κ1) is 19.4. The van der Waals surface area contributed by atoms with Crippen LogP contribution in [-0.2, 0) is 4.79 Å². The van der Waals surface area contributed by atoms with E-state index in [0.29, 0.717) is 5.02 Å². The molecular formula is C23H23ClN4O. The molecule has 1 N–H and O–H groups in total. The summed E-state index contributed by atoms with van der Waals surface area (Å²) in [7, 11) is 0. The molecule has 1 amide bonds. The van der Waals surface area contributed by atoms with Gasteiger partial charge in [-0.3, -0.25) is 4.79 Å². The van der Waals surface area contributed by atoms with Crippen molar-refractivity contribution in [2.24, 2.45) is 5.92 Å². The third-order valence-electron chi connectivity index (χ3n) is 5.30. The van der Waals surface area contributed by atoms with E-state index in [2.05, 4.69) is 51.4 Å². The monoisotopic (exact) mass is 406 g/mol. The summed E-state index contributed by atoms with van der Waals surface area (Å²) < 4.78 is 0. The number of aromatic nitrogens is 2. The van der Waals surface area contributed by atoms with E-state index in [-0.39, 0.29) is 11.8 Å². The maximum atomic E-state index is 12.6. The second kappa shape index (κ2) is 8.62. The van der Waals surface area contributed by atoms with E-state index in [1.54, 1.807) is 18.5 Å². The molecule has 6 heteroatoms. The average Bonchev–Trinajstić information content (AvgIpc) is 2.76. The molecule has 3 aromatic rings. The molecule has 0 bridgehead atoms. The number of benzene rings is 2. The molecule has 4 rings (SSSR count). The molecule has 1 aliphatic rings. The molecule has 1 saturated heterocycles. The standard InChI is InChI=1S/C23H23ClN4O/c1-16-2-4-17(5-3-16)21-14-22(26-15-25-21)28-12-10-18(11-13-28)23(29)27-20-8-6-19(24)7-9-20/h2-9,14-15,18H,10-13H2,1H3,(H,27,29). The maximum absolute atomic E-state index is 12.6. The lowest BCUT2D eigenvalue weighted by Gasteiger charge is -2.32. The highest BCUT2D eigenvalue weighted by atomic mass is 35.5. The number of nitrogens with zero attached hydrogens (tertiary/aromatic N) is 3. The third kappa shape index (κ3) is 4.74. The minimum absolute atomic E-state index is 0.000310. The van der Waals surface area contributed by atoms with E-state index < -0.39 is 0 Å². The first-order valence-electron chi connectivity index (χ1n) is 9.79. The molecular weight excluding hydrogens is 384 g/mol. The van der Waals surface area contributed by atoms with Crippen molar-refractivity contribution in [2.45, 2.75) is 19.8 Å². The smallest absolute Gasteiger partial charge is 0.227 e. The van der Waals surface area contributed by atoms with Crippen molar-refractivity contribution in [3.8, 4) is 11.3 Å². The van der Waals surface area contributed by atoms with Gasteiger partial charge in [-0.2, -0.15) is 0 Å². The minimum atomic E-state index is 0.000310. The predicted octanol–water partition coefficient (Wildman–Crippen LogP) is 4.96. The maximum Gasteiger partial charge on any atom is 0.227 e. The lowest BCUT2D eigenvalue weighted by atomic mass is 9.95. The minimum Gasteiger partial charge on any atom is -0.356 e.